The predicted octanol–water partition coefficient (Wildman–Crippen LogP) is 23.5. The van der Waals surface area contributed by atoms with Gasteiger partial charge in [-0.1, -0.05) is 363 Å². The van der Waals surface area contributed by atoms with Gasteiger partial charge in [0.25, 0.3) is 0 Å². The Morgan fingerprint density at radius 3 is 0.694 bits per heavy atom. The Labute approximate surface area is 600 Å². The summed E-state index contributed by atoms with van der Waals surface area (Å²) in [4.78, 5) is 72.9. The van der Waals surface area contributed by atoms with Gasteiger partial charge in [-0.2, -0.15) is 0 Å². The Morgan fingerprint density at radius 1 is 0.276 bits per heavy atom. The number of carbonyl (C=O) groups excluding carboxylic acids is 4. The molecular formula is C79H154O17P2. The summed E-state index contributed by atoms with van der Waals surface area (Å²) in [5.74, 6) is -0.616. The summed E-state index contributed by atoms with van der Waals surface area (Å²) in [6.07, 6.45) is 59.8. The van der Waals surface area contributed by atoms with Crippen molar-refractivity contribution in [3.05, 3.63) is 0 Å². The molecule has 0 aliphatic heterocycles. The molecule has 0 aromatic heterocycles. The lowest BCUT2D eigenvalue weighted by molar-refractivity contribution is -0.161. The maximum Gasteiger partial charge on any atom is 0.472 e. The number of hydrogen-bond donors (Lipinski definition) is 3. The van der Waals surface area contributed by atoms with E-state index in [2.05, 4.69) is 41.5 Å². The zero-order chi connectivity index (χ0) is 72.1. The molecule has 0 amide bonds. The van der Waals surface area contributed by atoms with Gasteiger partial charge in [0.1, 0.15) is 19.3 Å². The third kappa shape index (κ3) is 72.4. The number of carbonyl (C=O) groups is 4. The molecule has 19 heteroatoms. The van der Waals surface area contributed by atoms with Gasteiger partial charge in [-0.05, 0) is 37.5 Å². The third-order valence-corrected chi connectivity index (χ3v) is 20.4. The number of esters is 4. The van der Waals surface area contributed by atoms with Crippen LogP contribution < -0.4 is 0 Å². The molecule has 0 fully saturated rings. The molecule has 0 saturated carbocycles. The van der Waals surface area contributed by atoms with Gasteiger partial charge in [0.15, 0.2) is 12.2 Å². The largest absolute Gasteiger partial charge is 0.472 e. The normalized spacial score (nSPS) is 13.9. The number of aliphatic hydroxyl groups is 1. The molecule has 3 N–H and O–H groups in total. The van der Waals surface area contributed by atoms with E-state index >= 15 is 0 Å². The molecule has 17 nitrogen and oxygen atoms in total. The molecule has 2 unspecified atom stereocenters. The highest BCUT2D eigenvalue weighted by Crippen LogP contribution is 2.45. The Kier molecular flexibility index (Phi) is 69.3. The van der Waals surface area contributed by atoms with E-state index in [0.29, 0.717) is 31.6 Å². The number of phosphoric ester groups is 2. The fourth-order valence-electron chi connectivity index (χ4n) is 12.2. The molecule has 0 aromatic rings. The van der Waals surface area contributed by atoms with Crippen molar-refractivity contribution in [3.63, 3.8) is 0 Å². The first-order valence-corrected chi connectivity index (χ1v) is 44.0. The Hall–Kier alpha value is -1.94. The van der Waals surface area contributed by atoms with Crippen molar-refractivity contribution in [1.29, 1.82) is 0 Å². The van der Waals surface area contributed by atoms with Crippen LogP contribution in [0.3, 0.4) is 0 Å². The van der Waals surface area contributed by atoms with Crippen LogP contribution in [0.15, 0.2) is 0 Å². The first-order valence-electron chi connectivity index (χ1n) is 41.0. The highest BCUT2D eigenvalue weighted by molar-refractivity contribution is 7.47. The lowest BCUT2D eigenvalue weighted by atomic mass is 10.0. The van der Waals surface area contributed by atoms with Crippen LogP contribution in [0.2, 0.25) is 0 Å². The molecule has 5 atom stereocenters. The van der Waals surface area contributed by atoms with E-state index in [0.717, 1.165) is 102 Å². The fourth-order valence-corrected chi connectivity index (χ4v) is 13.8. The topological polar surface area (TPSA) is 237 Å². The highest BCUT2D eigenvalue weighted by Gasteiger charge is 2.30. The quantitative estimate of drug-likeness (QED) is 0.0222. The number of rotatable bonds is 78. The Bertz CT molecular complexity index is 1890. The fraction of sp³-hybridized carbons (Fsp3) is 0.949. The monoisotopic (exact) mass is 1440 g/mol. The first-order chi connectivity index (χ1) is 47.4. The summed E-state index contributed by atoms with van der Waals surface area (Å²) in [6.45, 7) is 9.58. The second-order valence-electron chi connectivity index (χ2n) is 29.4. The average Bonchev–Trinajstić information content (AvgIpc) is 0.959. The number of phosphoric acid groups is 2. The summed E-state index contributed by atoms with van der Waals surface area (Å²) in [5.41, 5.74) is 0. The van der Waals surface area contributed by atoms with E-state index in [-0.39, 0.29) is 25.7 Å². The van der Waals surface area contributed by atoms with Crippen LogP contribution in [0.1, 0.15) is 414 Å². The molecule has 0 rings (SSSR count). The van der Waals surface area contributed by atoms with E-state index in [1.807, 2.05) is 0 Å². The molecule has 0 saturated heterocycles. The zero-order valence-electron chi connectivity index (χ0n) is 64.1. The number of unbranched alkanes of at least 4 members (excludes halogenated alkanes) is 48. The van der Waals surface area contributed by atoms with Crippen LogP contribution in [0, 0.1) is 11.8 Å². The van der Waals surface area contributed by atoms with Gasteiger partial charge < -0.3 is 33.8 Å². The SMILES string of the molecule is CCCCCCCCCCCCCCCCCCCCCCC(=O)O[C@H](COC(=O)CCCCCCCCCCCCCCCC(C)C)COP(=O)(O)OC[C@@H](O)COP(=O)(O)OC[C@@H](COC(=O)CCCCCCCCCC(C)C)OC(=O)CCCCCCCCCCCCCC. The maximum atomic E-state index is 13.1. The van der Waals surface area contributed by atoms with E-state index in [4.69, 9.17) is 37.0 Å². The summed E-state index contributed by atoms with van der Waals surface area (Å²) in [6, 6.07) is 0. The first kappa shape index (κ1) is 96.1. The lowest BCUT2D eigenvalue weighted by Gasteiger charge is -2.21. The third-order valence-electron chi connectivity index (χ3n) is 18.5. The zero-order valence-corrected chi connectivity index (χ0v) is 65.9. The van der Waals surface area contributed by atoms with Gasteiger partial charge in [-0.25, -0.2) is 9.13 Å². The molecule has 0 aromatic carbocycles. The van der Waals surface area contributed by atoms with Crippen molar-refractivity contribution >= 4 is 39.5 Å². The summed E-state index contributed by atoms with van der Waals surface area (Å²) in [7, 11) is -9.91. The molecule has 0 aliphatic carbocycles. The van der Waals surface area contributed by atoms with E-state index in [1.165, 1.54) is 225 Å². The molecule has 0 aliphatic rings. The average molecular weight is 1440 g/mol. The molecule has 0 bridgehead atoms. The molecule has 98 heavy (non-hydrogen) atoms. The predicted molar refractivity (Wildman–Crippen MR) is 400 cm³/mol. The van der Waals surface area contributed by atoms with Crippen LogP contribution >= 0.6 is 15.6 Å². The number of aliphatic hydroxyl groups excluding tert-OH is 1. The second-order valence-corrected chi connectivity index (χ2v) is 32.3. The number of ether oxygens (including phenoxy) is 4. The molecule has 0 radical (unpaired) electrons. The Balaban J connectivity index is 5.22. The van der Waals surface area contributed by atoms with E-state index in [9.17, 15) is 43.2 Å². The van der Waals surface area contributed by atoms with Crippen molar-refractivity contribution in [3.8, 4) is 0 Å². The minimum Gasteiger partial charge on any atom is -0.462 e. The molecule has 0 heterocycles. The lowest BCUT2D eigenvalue weighted by Crippen LogP contribution is -2.30. The van der Waals surface area contributed by atoms with Gasteiger partial charge in [0.2, 0.25) is 0 Å². The van der Waals surface area contributed by atoms with Crippen LogP contribution in [0.5, 0.6) is 0 Å². The van der Waals surface area contributed by atoms with Crippen molar-refractivity contribution in [1.82, 2.24) is 0 Å². The van der Waals surface area contributed by atoms with Crippen LogP contribution in [-0.4, -0.2) is 96.7 Å². The van der Waals surface area contributed by atoms with Gasteiger partial charge in [0, 0.05) is 25.7 Å². The van der Waals surface area contributed by atoms with Crippen molar-refractivity contribution in [2.45, 2.75) is 432 Å². The van der Waals surface area contributed by atoms with E-state index in [1.54, 1.807) is 0 Å². The van der Waals surface area contributed by atoms with Gasteiger partial charge in [-0.3, -0.25) is 37.3 Å². The van der Waals surface area contributed by atoms with Crippen molar-refractivity contribution < 1.29 is 80.2 Å². The van der Waals surface area contributed by atoms with Crippen LogP contribution in [0.25, 0.3) is 0 Å². The smallest absolute Gasteiger partial charge is 0.462 e. The minimum atomic E-state index is -4.96. The van der Waals surface area contributed by atoms with Gasteiger partial charge >= 0.3 is 39.5 Å². The van der Waals surface area contributed by atoms with Crippen LogP contribution in [0.4, 0.5) is 0 Å². The standard InChI is InChI=1S/C79H154O17P2/c1-7-9-11-13-15-17-19-21-22-23-24-25-26-27-30-35-39-45-52-58-64-79(84)95-74(67-89-76(81)61-55-49-43-37-34-31-28-29-32-36-41-47-53-59-71(3)4)69-93-97(85,86)91-65-73(80)66-92-98(87,88)94-70-75(68-90-77(82)62-56-50-46-40-42-48-54-60-72(5)6)96-78(83)63-57-51-44-38-33-20-18-16-14-12-10-8-2/h71-75,80H,7-70H2,1-6H3,(H,85,86)(H,87,88)/t73-,74-,75-/m1/s1. The highest BCUT2D eigenvalue weighted by atomic mass is 31.2. The van der Waals surface area contributed by atoms with Crippen molar-refractivity contribution in [2.75, 3.05) is 39.6 Å². The molecular weight excluding hydrogens is 1280 g/mol. The van der Waals surface area contributed by atoms with Crippen molar-refractivity contribution in [2.24, 2.45) is 11.8 Å². The summed E-state index contributed by atoms with van der Waals surface area (Å²) < 4.78 is 68.6. The molecule has 0 spiro atoms. The summed E-state index contributed by atoms with van der Waals surface area (Å²) in [5, 5.41) is 10.6. The number of hydrogen-bond acceptors (Lipinski definition) is 15. The maximum absolute atomic E-state index is 13.1. The minimum absolute atomic E-state index is 0.107. The second kappa shape index (κ2) is 70.7. The summed E-state index contributed by atoms with van der Waals surface area (Å²) >= 11 is 0. The van der Waals surface area contributed by atoms with Gasteiger partial charge in [0.05, 0.1) is 26.4 Å². The van der Waals surface area contributed by atoms with Gasteiger partial charge in [-0.15, -0.1) is 0 Å². The van der Waals surface area contributed by atoms with Crippen LogP contribution in [-0.2, 0) is 65.4 Å². The van der Waals surface area contributed by atoms with E-state index < -0.39 is 97.5 Å². The molecule has 582 valence electrons. The Morgan fingerprint density at radius 2 is 0.469 bits per heavy atom.